The molecule has 3 N–H and O–H groups in total. The minimum absolute atomic E-state index is 0.0447. The highest BCUT2D eigenvalue weighted by atomic mass is 19.1. The van der Waals surface area contributed by atoms with Gasteiger partial charge in [-0.1, -0.05) is 51.8 Å². The quantitative estimate of drug-likeness (QED) is 0.400. The lowest BCUT2D eigenvalue weighted by atomic mass is 9.46. The Morgan fingerprint density at radius 1 is 0.971 bits per heavy atom. The molecular weight excluding hydrogens is 439 g/mol. The summed E-state index contributed by atoms with van der Waals surface area (Å²) in [7, 11) is 0. The monoisotopic (exact) mass is 484 g/mol. The van der Waals surface area contributed by atoms with Crippen LogP contribution in [0.2, 0.25) is 0 Å². The van der Waals surface area contributed by atoms with E-state index in [4.69, 9.17) is 0 Å². The number of aliphatic hydroxyl groups excluding tert-OH is 3. The summed E-state index contributed by atoms with van der Waals surface area (Å²) in [5.74, 6) is 3.18. The zero-order valence-corrected chi connectivity index (χ0v) is 21.8. The van der Waals surface area contributed by atoms with Crippen LogP contribution < -0.4 is 0 Å². The third-order valence-corrected chi connectivity index (χ3v) is 11.3. The van der Waals surface area contributed by atoms with Gasteiger partial charge in [0.15, 0.2) is 0 Å². The smallest absolute Gasteiger partial charge is 0.123 e. The molecule has 1 aromatic carbocycles. The number of benzene rings is 1. The molecule has 1 unspecified atom stereocenters. The molecule has 1 aromatic rings. The van der Waals surface area contributed by atoms with Crippen LogP contribution in [0, 0.1) is 46.2 Å². The van der Waals surface area contributed by atoms with Crippen molar-refractivity contribution in [1.29, 1.82) is 0 Å². The largest absolute Gasteiger partial charge is 0.390 e. The van der Waals surface area contributed by atoms with Gasteiger partial charge in [0.2, 0.25) is 0 Å². The van der Waals surface area contributed by atoms with E-state index in [1.54, 1.807) is 12.1 Å². The van der Waals surface area contributed by atoms with Gasteiger partial charge in [0.25, 0.3) is 0 Å². The maximum Gasteiger partial charge on any atom is 0.123 e. The van der Waals surface area contributed by atoms with E-state index in [9.17, 15) is 19.7 Å². The van der Waals surface area contributed by atoms with Crippen molar-refractivity contribution < 1.29 is 19.7 Å². The summed E-state index contributed by atoms with van der Waals surface area (Å²) in [6, 6.07) is 6.25. The Balaban J connectivity index is 1.23. The molecule has 0 heterocycles. The Morgan fingerprint density at radius 3 is 2.46 bits per heavy atom. The first-order valence-electron chi connectivity index (χ1n) is 14.2. The number of halogens is 1. The lowest BCUT2D eigenvalue weighted by Gasteiger charge is -2.59. The van der Waals surface area contributed by atoms with Gasteiger partial charge < -0.3 is 15.3 Å². The molecule has 4 aliphatic rings. The second-order valence-corrected chi connectivity index (χ2v) is 12.9. The van der Waals surface area contributed by atoms with Crippen molar-refractivity contribution in [2.24, 2.45) is 40.4 Å². The lowest BCUT2D eigenvalue weighted by molar-refractivity contribution is -0.0801. The summed E-state index contributed by atoms with van der Waals surface area (Å²) in [5, 5.41) is 31.6. The Morgan fingerprint density at radius 2 is 1.71 bits per heavy atom. The van der Waals surface area contributed by atoms with Crippen LogP contribution in [0.3, 0.4) is 0 Å². The molecule has 3 nitrogen and oxygen atoms in total. The molecule has 0 spiro atoms. The first kappa shape index (κ1) is 25.4. The summed E-state index contributed by atoms with van der Waals surface area (Å²) >= 11 is 0. The van der Waals surface area contributed by atoms with Crippen molar-refractivity contribution in [1.82, 2.24) is 0 Å². The normalized spacial score (nSPS) is 42.4. The molecule has 0 aliphatic heterocycles. The van der Waals surface area contributed by atoms with Crippen molar-refractivity contribution in [2.45, 2.75) is 103 Å². The second kappa shape index (κ2) is 9.58. The van der Waals surface area contributed by atoms with Gasteiger partial charge in [0.05, 0.1) is 12.2 Å². The van der Waals surface area contributed by atoms with Crippen molar-refractivity contribution in [2.75, 3.05) is 0 Å². The van der Waals surface area contributed by atoms with Crippen molar-refractivity contribution in [3.8, 4) is 0 Å². The Bertz CT molecular complexity index is 928. The highest BCUT2D eigenvalue weighted by Crippen LogP contribution is 2.67. The third kappa shape index (κ3) is 4.32. The minimum atomic E-state index is -0.676. The summed E-state index contributed by atoms with van der Waals surface area (Å²) in [6.45, 7) is 7.36. The van der Waals surface area contributed by atoms with Crippen molar-refractivity contribution in [3.63, 3.8) is 0 Å². The first-order valence-corrected chi connectivity index (χ1v) is 14.2. The third-order valence-electron chi connectivity index (χ3n) is 11.3. The van der Waals surface area contributed by atoms with E-state index in [1.165, 1.54) is 37.8 Å². The number of hydrogen-bond donors (Lipinski definition) is 3. The first-order chi connectivity index (χ1) is 16.6. The Hall–Kier alpha value is -1.23. The zero-order chi connectivity index (χ0) is 25.0. The van der Waals surface area contributed by atoms with E-state index >= 15 is 0 Å². The summed E-state index contributed by atoms with van der Waals surface area (Å²) in [6.07, 6.45) is 11.3. The van der Waals surface area contributed by atoms with Crippen LogP contribution in [0.5, 0.6) is 0 Å². The molecule has 5 rings (SSSR count). The van der Waals surface area contributed by atoms with Crippen LogP contribution in [0.15, 0.2) is 35.9 Å². The van der Waals surface area contributed by atoms with Gasteiger partial charge in [-0.05, 0) is 115 Å². The molecular formula is C31H45FO3. The van der Waals surface area contributed by atoms with Gasteiger partial charge in [-0.25, -0.2) is 4.39 Å². The number of rotatable bonds is 6. The van der Waals surface area contributed by atoms with Crippen LogP contribution in [0.1, 0.15) is 96.6 Å². The predicted molar refractivity (Wildman–Crippen MR) is 137 cm³/mol. The summed E-state index contributed by atoms with van der Waals surface area (Å²) in [4.78, 5) is 0. The maximum absolute atomic E-state index is 13.2. The molecule has 0 amide bonds. The molecule has 35 heavy (non-hydrogen) atoms. The highest BCUT2D eigenvalue weighted by molar-refractivity contribution is 5.29. The average molecular weight is 485 g/mol. The van der Waals surface area contributed by atoms with Crippen molar-refractivity contribution >= 4 is 0 Å². The fourth-order valence-corrected chi connectivity index (χ4v) is 9.38. The van der Waals surface area contributed by atoms with E-state index in [0.717, 1.165) is 55.1 Å². The highest BCUT2D eigenvalue weighted by Gasteiger charge is 2.60. The van der Waals surface area contributed by atoms with E-state index in [0.29, 0.717) is 29.6 Å². The molecule has 0 aromatic heterocycles. The van der Waals surface area contributed by atoms with Gasteiger partial charge in [-0.15, -0.1) is 0 Å². The topological polar surface area (TPSA) is 60.7 Å². The zero-order valence-electron chi connectivity index (χ0n) is 21.8. The van der Waals surface area contributed by atoms with E-state index in [2.05, 4.69) is 26.8 Å². The molecule has 4 heteroatoms. The number of aliphatic hydroxyl groups is 3. The fraction of sp³-hybridized carbons (Fsp3) is 0.742. The molecule has 0 radical (unpaired) electrons. The maximum atomic E-state index is 13.2. The summed E-state index contributed by atoms with van der Waals surface area (Å²) in [5.41, 5.74) is 2.36. The van der Waals surface area contributed by atoms with Gasteiger partial charge in [-0.3, -0.25) is 0 Å². The van der Waals surface area contributed by atoms with Gasteiger partial charge in [0.1, 0.15) is 11.9 Å². The predicted octanol–water partition coefficient (Wildman–Crippen LogP) is 6.58. The molecule has 3 fully saturated rings. The molecule has 194 valence electrons. The van der Waals surface area contributed by atoms with Crippen molar-refractivity contribution in [3.05, 3.63) is 47.3 Å². The van der Waals surface area contributed by atoms with Crippen LogP contribution in [0.4, 0.5) is 4.39 Å². The molecule has 4 aliphatic carbocycles. The lowest BCUT2D eigenvalue weighted by Crippen LogP contribution is -2.53. The number of allylic oxidation sites excluding steroid dienone is 1. The SMILES string of the molecule is C[C@H](CCCC(O)c1ccc(F)cc1)[C@H]1CC[C@H]2[C@@H]3CC=C4[C@@H](O)[C@@H](O)CC[C@]4(C)[C@H]3CC[C@]12C. The Labute approximate surface area is 210 Å². The van der Waals surface area contributed by atoms with Crippen LogP contribution in [0.25, 0.3) is 0 Å². The van der Waals surface area contributed by atoms with Crippen LogP contribution in [-0.4, -0.2) is 27.5 Å². The number of hydrogen-bond acceptors (Lipinski definition) is 3. The second-order valence-electron chi connectivity index (χ2n) is 12.9. The fourth-order valence-electron chi connectivity index (χ4n) is 9.38. The summed E-state index contributed by atoms with van der Waals surface area (Å²) < 4.78 is 13.2. The van der Waals surface area contributed by atoms with E-state index in [1.807, 2.05) is 0 Å². The molecule has 3 saturated carbocycles. The van der Waals surface area contributed by atoms with Gasteiger partial charge >= 0.3 is 0 Å². The van der Waals surface area contributed by atoms with Crippen LogP contribution in [-0.2, 0) is 0 Å². The van der Waals surface area contributed by atoms with E-state index < -0.39 is 18.3 Å². The molecule has 0 saturated heterocycles. The molecule has 0 bridgehead atoms. The Kier molecular flexibility index (Phi) is 6.96. The van der Waals surface area contributed by atoms with Crippen LogP contribution >= 0.6 is 0 Å². The average Bonchev–Trinajstić information content (AvgIpc) is 3.19. The molecule has 10 atom stereocenters. The minimum Gasteiger partial charge on any atom is -0.390 e. The number of fused-ring (bicyclic) bond motifs is 5. The van der Waals surface area contributed by atoms with E-state index in [-0.39, 0.29) is 11.2 Å². The van der Waals surface area contributed by atoms with Gasteiger partial charge in [-0.2, -0.15) is 0 Å². The standard InChI is InChI=1S/C31H45FO3/c1-19(5-4-6-27(33)20-7-9-21(32)10-8-20)23-13-14-24-22-11-12-26-29(35)28(34)16-18-31(26,3)25(22)15-17-30(23,24)2/h7-10,12,19,22-25,27-29,33-35H,4-6,11,13-18H2,1-3H3/t19-,22+,23-,24+,25+,27?,28+,29-,30-,31-/m1/s1. The van der Waals surface area contributed by atoms with Gasteiger partial charge in [0, 0.05) is 0 Å².